The fourth-order valence-corrected chi connectivity index (χ4v) is 5.70. The number of rotatable bonds is 4. The minimum absolute atomic E-state index is 0.0147. The molecule has 2 N–H and O–H groups in total. The number of nitrogens with zero attached hydrogens (tertiary/aromatic N) is 1. The maximum atomic E-state index is 13.6. The largest absolute Gasteiger partial charge is 0.507 e. The third kappa shape index (κ3) is 4.27. The van der Waals surface area contributed by atoms with E-state index >= 15 is 0 Å². The molecule has 1 aliphatic heterocycles. The van der Waals surface area contributed by atoms with E-state index < -0.39 is 5.92 Å². The topological polar surface area (TPSA) is 64.4 Å². The molecule has 0 fully saturated rings. The second kappa shape index (κ2) is 10.00. The predicted octanol–water partition coefficient (Wildman–Crippen LogP) is 7.93. The summed E-state index contributed by atoms with van der Waals surface area (Å²) in [6.45, 7) is 2.00. The molecular formula is C30H27ClN2O2S. The maximum absolute atomic E-state index is 13.6. The number of carbonyl (C=O) groups is 1. The van der Waals surface area contributed by atoms with Crippen molar-refractivity contribution in [3.05, 3.63) is 111 Å². The number of anilines is 1. The van der Waals surface area contributed by atoms with E-state index in [1.165, 1.54) is 0 Å². The van der Waals surface area contributed by atoms with Crippen LogP contribution in [0, 0.1) is 12.3 Å². The number of amidine groups is 1. The van der Waals surface area contributed by atoms with Crippen molar-refractivity contribution in [2.24, 2.45) is 0 Å². The number of halogens is 1. The van der Waals surface area contributed by atoms with Crippen molar-refractivity contribution in [3.63, 3.8) is 0 Å². The van der Waals surface area contributed by atoms with Crippen LogP contribution in [0.25, 0.3) is 5.76 Å². The van der Waals surface area contributed by atoms with E-state index in [0.717, 1.165) is 33.8 Å². The van der Waals surface area contributed by atoms with Gasteiger partial charge >= 0.3 is 0 Å². The number of benzene rings is 3. The minimum atomic E-state index is -0.535. The van der Waals surface area contributed by atoms with E-state index in [0.29, 0.717) is 34.6 Å². The predicted molar refractivity (Wildman–Crippen MR) is 149 cm³/mol. The molecule has 6 heteroatoms. The van der Waals surface area contributed by atoms with Crippen molar-refractivity contribution in [2.75, 3.05) is 11.2 Å². The van der Waals surface area contributed by atoms with E-state index in [-0.39, 0.29) is 17.4 Å². The lowest BCUT2D eigenvalue weighted by Gasteiger charge is -2.42. The Kier molecular flexibility index (Phi) is 6.78. The highest BCUT2D eigenvalue weighted by molar-refractivity contribution is 7.98. The average Bonchev–Trinajstić information content (AvgIpc) is 2.89. The van der Waals surface area contributed by atoms with Gasteiger partial charge in [0.1, 0.15) is 11.6 Å². The molecule has 36 heavy (non-hydrogen) atoms. The Labute approximate surface area is 220 Å². The number of ketones is 1. The molecule has 5 rings (SSSR count). The quantitative estimate of drug-likeness (QED) is 0.274. The molecule has 0 bridgehead atoms. The van der Waals surface area contributed by atoms with E-state index in [2.05, 4.69) is 0 Å². The fraction of sp³-hybridized carbons (Fsp3) is 0.200. The molecule has 1 atom stereocenters. The number of hydrogen-bond acceptors (Lipinski definition) is 4. The van der Waals surface area contributed by atoms with E-state index in [4.69, 9.17) is 11.6 Å². The van der Waals surface area contributed by atoms with Gasteiger partial charge in [0.05, 0.1) is 5.69 Å². The molecule has 0 radical (unpaired) electrons. The molecule has 0 saturated carbocycles. The molecule has 1 aliphatic carbocycles. The van der Waals surface area contributed by atoms with Gasteiger partial charge in [0.25, 0.3) is 0 Å². The van der Waals surface area contributed by atoms with Crippen LogP contribution in [0.2, 0.25) is 5.02 Å². The second-order valence-electron chi connectivity index (χ2n) is 9.08. The number of allylic oxidation sites excluding steroid dienone is 2. The maximum Gasteiger partial charge on any atom is 0.161 e. The molecule has 0 amide bonds. The zero-order valence-electron chi connectivity index (χ0n) is 20.2. The van der Waals surface area contributed by atoms with Crippen molar-refractivity contribution in [1.29, 1.82) is 5.41 Å². The van der Waals surface area contributed by atoms with Crippen LogP contribution in [0.5, 0.6) is 0 Å². The first kappa shape index (κ1) is 24.4. The first-order valence-corrected chi connectivity index (χ1v) is 13.5. The van der Waals surface area contributed by atoms with Crippen LogP contribution in [0.1, 0.15) is 41.9 Å². The van der Waals surface area contributed by atoms with E-state index in [1.807, 2.05) is 66.6 Å². The Balaban J connectivity index is 1.82. The van der Waals surface area contributed by atoms with Gasteiger partial charge in [-0.3, -0.25) is 15.1 Å². The van der Waals surface area contributed by atoms with Crippen LogP contribution >= 0.6 is 23.4 Å². The van der Waals surface area contributed by atoms with Crippen LogP contribution in [0.15, 0.2) is 94.5 Å². The van der Waals surface area contributed by atoms with Crippen molar-refractivity contribution >= 4 is 46.4 Å². The highest BCUT2D eigenvalue weighted by Crippen LogP contribution is 2.48. The van der Waals surface area contributed by atoms with Crippen molar-refractivity contribution in [2.45, 2.75) is 37.0 Å². The lowest BCUT2D eigenvalue weighted by atomic mass is 9.73. The molecule has 0 saturated heterocycles. The van der Waals surface area contributed by atoms with Crippen LogP contribution in [0.3, 0.4) is 0 Å². The van der Waals surface area contributed by atoms with E-state index in [9.17, 15) is 15.3 Å². The number of thioether (sulfide) groups is 1. The molecule has 0 aromatic heterocycles. The summed E-state index contributed by atoms with van der Waals surface area (Å²) in [6.07, 6.45) is 3.93. The SMILES string of the molecule is CSc1ccc(C2C3=C(CCCC3=O)N(c3ccccc3C)C(=N)/C2=C(/O)c2ccc(Cl)cc2)cc1. The molecule has 1 unspecified atom stereocenters. The van der Waals surface area contributed by atoms with Gasteiger partial charge in [-0.2, -0.15) is 0 Å². The monoisotopic (exact) mass is 514 g/mol. The zero-order valence-corrected chi connectivity index (χ0v) is 21.8. The molecule has 2 aliphatic rings. The summed E-state index contributed by atoms with van der Waals surface area (Å²) in [5.41, 5.74) is 5.25. The summed E-state index contributed by atoms with van der Waals surface area (Å²) in [6, 6.07) is 22.9. The summed E-state index contributed by atoms with van der Waals surface area (Å²) in [4.78, 5) is 16.6. The Morgan fingerprint density at radius 1 is 1.03 bits per heavy atom. The van der Waals surface area contributed by atoms with Crippen molar-refractivity contribution in [1.82, 2.24) is 0 Å². The van der Waals surface area contributed by atoms with Gasteiger partial charge in [0.2, 0.25) is 0 Å². The number of hydrogen-bond donors (Lipinski definition) is 2. The lowest BCUT2D eigenvalue weighted by Crippen LogP contribution is -2.42. The van der Waals surface area contributed by atoms with Crippen LogP contribution in [0.4, 0.5) is 5.69 Å². The average molecular weight is 515 g/mol. The van der Waals surface area contributed by atoms with Gasteiger partial charge in [0, 0.05) is 44.7 Å². The lowest BCUT2D eigenvalue weighted by molar-refractivity contribution is -0.116. The Hall–Kier alpha value is -3.28. The third-order valence-electron chi connectivity index (χ3n) is 6.93. The first-order chi connectivity index (χ1) is 17.4. The number of aliphatic hydroxyl groups is 1. The highest BCUT2D eigenvalue weighted by atomic mass is 35.5. The molecular weight excluding hydrogens is 488 g/mol. The number of Topliss-reactive ketones (excluding diaryl/α,β-unsaturated/α-hetero) is 1. The molecule has 1 heterocycles. The highest BCUT2D eigenvalue weighted by Gasteiger charge is 2.43. The van der Waals surface area contributed by atoms with Crippen LogP contribution in [-0.4, -0.2) is 23.0 Å². The van der Waals surface area contributed by atoms with Gasteiger partial charge in [-0.15, -0.1) is 11.8 Å². The summed E-state index contributed by atoms with van der Waals surface area (Å²) >= 11 is 7.76. The fourth-order valence-electron chi connectivity index (χ4n) is 5.16. The number of aryl methyl sites for hydroxylation is 1. The molecule has 182 valence electrons. The Morgan fingerprint density at radius 3 is 2.39 bits per heavy atom. The molecule has 3 aromatic carbocycles. The van der Waals surface area contributed by atoms with Gasteiger partial charge < -0.3 is 5.11 Å². The number of nitrogens with one attached hydrogen (secondary N) is 1. The molecule has 4 nitrogen and oxygen atoms in total. The van der Waals surface area contributed by atoms with Crippen LogP contribution < -0.4 is 4.90 Å². The third-order valence-corrected chi connectivity index (χ3v) is 7.93. The van der Waals surface area contributed by atoms with Crippen LogP contribution in [-0.2, 0) is 4.79 Å². The summed E-state index contributed by atoms with van der Waals surface area (Å²) in [7, 11) is 0. The Morgan fingerprint density at radius 2 is 1.72 bits per heavy atom. The van der Waals surface area contributed by atoms with E-state index in [1.54, 1.807) is 36.0 Å². The standard InChI is InChI=1S/C30H27ClN2O2S/c1-18-6-3-4-7-23(18)33-24-8-5-9-25(34)27(24)26(19-12-16-22(36-2)17-13-19)28(30(33)32)29(35)20-10-14-21(31)15-11-20/h3-4,6-7,10-17,26,32,35H,5,8-9H2,1-2H3/b29-28+,32-30?. The normalized spacial score (nSPS) is 19.4. The molecule has 3 aromatic rings. The summed E-state index contributed by atoms with van der Waals surface area (Å²) in [5.74, 6) is -0.293. The van der Waals surface area contributed by atoms with Crippen molar-refractivity contribution < 1.29 is 9.90 Å². The van der Waals surface area contributed by atoms with Gasteiger partial charge in [-0.1, -0.05) is 41.9 Å². The smallest absolute Gasteiger partial charge is 0.161 e. The summed E-state index contributed by atoms with van der Waals surface area (Å²) < 4.78 is 0. The van der Waals surface area contributed by atoms with Gasteiger partial charge in [-0.25, -0.2) is 0 Å². The molecule has 0 spiro atoms. The zero-order chi connectivity index (χ0) is 25.4. The first-order valence-electron chi connectivity index (χ1n) is 11.9. The Bertz CT molecular complexity index is 1410. The van der Waals surface area contributed by atoms with Crippen molar-refractivity contribution in [3.8, 4) is 0 Å². The number of aliphatic hydroxyl groups excluding tert-OH is 1. The van der Waals surface area contributed by atoms with Gasteiger partial charge in [-0.05, 0) is 79.6 Å². The second-order valence-corrected chi connectivity index (χ2v) is 10.4. The number of carbonyl (C=O) groups excluding carboxylic acids is 1. The van der Waals surface area contributed by atoms with Gasteiger partial charge in [0.15, 0.2) is 5.78 Å². The number of para-hydroxylation sites is 1. The summed E-state index contributed by atoms with van der Waals surface area (Å²) in [5, 5.41) is 21.7. The minimum Gasteiger partial charge on any atom is -0.507 e.